The highest BCUT2D eigenvalue weighted by Crippen LogP contribution is 2.29. The molecular weight excluding hydrogens is 188 g/mol. The Labute approximate surface area is 94.0 Å². The van der Waals surface area contributed by atoms with Gasteiger partial charge in [-0.1, -0.05) is 13.8 Å². The maximum Gasteiger partial charge on any atom is 0.0547 e. The smallest absolute Gasteiger partial charge is 0.0547 e. The number of hydrogen-bond donors (Lipinski definition) is 1. The van der Waals surface area contributed by atoms with Crippen molar-refractivity contribution in [3.05, 3.63) is 0 Å². The third kappa shape index (κ3) is 3.16. The Morgan fingerprint density at radius 3 is 2.47 bits per heavy atom. The van der Waals surface area contributed by atoms with E-state index in [1.54, 1.807) is 0 Å². The summed E-state index contributed by atoms with van der Waals surface area (Å²) in [5.74, 6) is 0. The molecule has 90 valence electrons. The second-order valence-electron chi connectivity index (χ2n) is 4.89. The first-order chi connectivity index (χ1) is 7.17. The molecular formula is C12H26N2O. The summed E-state index contributed by atoms with van der Waals surface area (Å²) in [6, 6.07) is 0.689. The molecule has 0 aromatic rings. The zero-order valence-electron chi connectivity index (χ0n) is 10.5. The molecule has 3 nitrogen and oxygen atoms in total. The summed E-state index contributed by atoms with van der Waals surface area (Å²) in [6.07, 6.45) is 3.55. The fourth-order valence-corrected chi connectivity index (χ4v) is 2.57. The summed E-state index contributed by atoms with van der Waals surface area (Å²) >= 11 is 0. The predicted octanol–water partition coefficient (Wildman–Crippen LogP) is 1.47. The second-order valence-corrected chi connectivity index (χ2v) is 4.89. The van der Waals surface area contributed by atoms with Crippen molar-refractivity contribution in [2.75, 3.05) is 33.4 Å². The Kier molecular flexibility index (Phi) is 5.03. The van der Waals surface area contributed by atoms with Crippen LogP contribution in [0.4, 0.5) is 0 Å². The zero-order chi connectivity index (χ0) is 11.3. The van der Waals surface area contributed by atoms with Gasteiger partial charge in [0, 0.05) is 31.2 Å². The first-order valence-electron chi connectivity index (χ1n) is 6.15. The minimum Gasteiger partial charge on any atom is -0.381 e. The molecule has 1 heterocycles. The lowest BCUT2D eigenvalue weighted by atomic mass is 9.86. The van der Waals surface area contributed by atoms with Crippen LogP contribution in [-0.4, -0.2) is 44.3 Å². The van der Waals surface area contributed by atoms with E-state index in [1.807, 2.05) is 0 Å². The van der Waals surface area contributed by atoms with Gasteiger partial charge < -0.3 is 15.4 Å². The zero-order valence-corrected chi connectivity index (χ0v) is 10.5. The highest BCUT2D eigenvalue weighted by atomic mass is 16.5. The Bertz CT molecular complexity index is 174. The highest BCUT2D eigenvalue weighted by Gasteiger charge is 2.35. The Balaban J connectivity index is 2.50. The van der Waals surface area contributed by atoms with Crippen molar-refractivity contribution < 1.29 is 4.74 Å². The molecule has 1 rings (SSSR count). The van der Waals surface area contributed by atoms with E-state index >= 15 is 0 Å². The van der Waals surface area contributed by atoms with Crippen molar-refractivity contribution in [3.63, 3.8) is 0 Å². The molecule has 1 fully saturated rings. The lowest BCUT2D eigenvalue weighted by molar-refractivity contribution is 0.104. The highest BCUT2D eigenvalue weighted by molar-refractivity contribution is 4.87. The van der Waals surface area contributed by atoms with Crippen LogP contribution in [0.3, 0.4) is 0 Å². The molecule has 0 bridgehead atoms. The van der Waals surface area contributed by atoms with Gasteiger partial charge in [0.25, 0.3) is 0 Å². The first-order valence-corrected chi connectivity index (χ1v) is 6.15. The van der Waals surface area contributed by atoms with Crippen LogP contribution in [-0.2, 0) is 4.74 Å². The molecule has 0 saturated carbocycles. The molecule has 1 atom stereocenters. The molecule has 2 N–H and O–H groups in total. The van der Waals surface area contributed by atoms with Gasteiger partial charge in [-0.3, -0.25) is 0 Å². The molecule has 1 saturated heterocycles. The fraction of sp³-hybridized carbons (Fsp3) is 1.00. The lowest BCUT2D eigenvalue weighted by Crippen LogP contribution is -2.45. The van der Waals surface area contributed by atoms with Gasteiger partial charge in [-0.25, -0.2) is 0 Å². The minimum atomic E-state index is 0.220. The minimum absolute atomic E-state index is 0.220. The molecule has 15 heavy (non-hydrogen) atoms. The van der Waals surface area contributed by atoms with Gasteiger partial charge in [0.1, 0.15) is 0 Å². The summed E-state index contributed by atoms with van der Waals surface area (Å²) in [5, 5.41) is 0. The maximum atomic E-state index is 5.89. The number of rotatable bonds is 6. The van der Waals surface area contributed by atoms with Gasteiger partial charge in [-0.2, -0.15) is 0 Å². The summed E-state index contributed by atoms with van der Waals surface area (Å²) in [7, 11) is 2.22. The van der Waals surface area contributed by atoms with Crippen LogP contribution < -0.4 is 5.73 Å². The van der Waals surface area contributed by atoms with E-state index in [-0.39, 0.29) is 5.41 Å². The molecule has 3 heteroatoms. The van der Waals surface area contributed by atoms with Gasteiger partial charge in [-0.15, -0.1) is 0 Å². The van der Waals surface area contributed by atoms with Gasteiger partial charge in [0.2, 0.25) is 0 Å². The van der Waals surface area contributed by atoms with Crippen LogP contribution in [0.25, 0.3) is 0 Å². The molecule has 0 spiro atoms. The van der Waals surface area contributed by atoms with Crippen LogP contribution >= 0.6 is 0 Å². The van der Waals surface area contributed by atoms with Crippen LogP contribution in [0.2, 0.25) is 0 Å². The number of ether oxygens (including phenoxy) is 1. The van der Waals surface area contributed by atoms with E-state index in [1.165, 1.54) is 12.8 Å². The molecule has 0 aromatic heterocycles. The summed E-state index contributed by atoms with van der Waals surface area (Å²) in [5.41, 5.74) is 6.11. The van der Waals surface area contributed by atoms with Gasteiger partial charge in [0.15, 0.2) is 0 Å². The molecule has 1 unspecified atom stereocenters. The van der Waals surface area contributed by atoms with Gasteiger partial charge in [0.05, 0.1) is 6.61 Å². The Morgan fingerprint density at radius 1 is 1.40 bits per heavy atom. The van der Waals surface area contributed by atoms with Crippen molar-refractivity contribution in [1.29, 1.82) is 0 Å². The van der Waals surface area contributed by atoms with Crippen molar-refractivity contribution in [2.45, 2.75) is 39.2 Å². The van der Waals surface area contributed by atoms with E-state index in [0.29, 0.717) is 6.04 Å². The van der Waals surface area contributed by atoms with Gasteiger partial charge >= 0.3 is 0 Å². The first kappa shape index (κ1) is 12.9. The average molecular weight is 214 g/mol. The summed E-state index contributed by atoms with van der Waals surface area (Å²) in [6.45, 7) is 8.06. The van der Waals surface area contributed by atoms with E-state index in [9.17, 15) is 0 Å². The molecule has 0 aromatic carbocycles. The van der Waals surface area contributed by atoms with Crippen molar-refractivity contribution in [2.24, 2.45) is 11.1 Å². The Morgan fingerprint density at radius 2 is 2.07 bits per heavy atom. The fourth-order valence-electron chi connectivity index (χ4n) is 2.57. The number of hydrogen-bond acceptors (Lipinski definition) is 3. The van der Waals surface area contributed by atoms with E-state index in [2.05, 4.69) is 25.8 Å². The van der Waals surface area contributed by atoms with Crippen molar-refractivity contribution >= 4 is 0 Å². The van der Waals surface area contributed by atoms with Gasteiger partial charge in [-0.05, 0) is 26.3 Å². The second kappa shape index (κ2) is 5.83. The average Bonchev–Trinajstić information content (AvgIpc) is 2.69. The molecule has 0 radical (unpaired) electrons. The van der Waals surface area contributed by atoms with E-state index < -0.39 is 0 Å². The third-order valence-electron chi connectivity index (χ3n) is 3.77. The monoisotopic (exact) mass is 214 g/mol. The molecule has 0 amide bonds. The SMILES string of the molecule is CCC(CC)N(C)CC1(CN)CCOC1. The van der Waals surface area contributed by atoms with Crippen LogP contribution in [0.5, 0.6) is 0 Å². The summed E-state index contributed by atoms with van der Waals surface area (Å²) < 4.78 is 5.49. The number of nitrogens with zero attached hydrogens (tertiary/aromatic N) is 1. The lowest BCUT2D eigenvalue weighted by Gasteiger charge is -2.35. The number of nitrogens with two attached hydrogens (primary N) is 1. The standard InChI is InChI=1S/C12H26N2O/c1-4-11(5-2)14(3)9-12(8-13)6-7-15-10-12/h11H,4-10,13H2,1-3H3. The van der Waals surface area contributed by atoms with Crippen LogP contribution in [0.1, 0.15) is 33.1 Å². The largest absolute Gasteiger partial charge is 0.381 e. The van der Waals surface area contributed by atoms with Crippen LogP contribution in [0, 0.1) is 5.41 Å². The molecule has 0 aliphatic carbocycles. The maximum absolute atomic E-state index is 5.89. The normalized spacial score (nSPS) is 26.8. The van der Waals surface area contributed by atoms with Crippen molar-refractivity contribution in [1.82, 2.24) is 4.90 Å². The molecule has 1 aliphatic heterocycles. The molecule has 1 aliphatic rings. The topological polar surface area (TPSA) is 38.5 Å². The predicted molar refractivity (Wildman–Crippen MR) is 63.9 cm³/mol. The third-order valence-corrected chi connectivity index (χ3v) is 3.77. The van der Waals surface area contributed by atoms with Crippen LogP contribution in [0.15, 0.2) is 0 Å². The Hall–Kier alpha value is -0.120. The van der Waals surface area contributed by atoms with E-state index in [0.717, 1.165) is 32.7 Å². The summed E-state index contributed by atoms with van der Waals surface area (Å²) in [4.78, 5) is 2.46. The quantitative estimate of drug-likeness (QED) is 0.728. The van der Waals surface area contributed by atoms with Crippen molar-refractivity contribution in [3.8, 4) is 0 Å². The van der Waals surface area contributed by atoms with E-state index in [4.69, 9.17) is 10.5 Å².